The van der Waals surface area contributed by atoms with E-state index in [4.69, 9.17) is 0 Å². The lowest BCUT2D eigenvalue weighted by Gasteiger charge is -2.37. The Morgan fingerprint density at radius 2 is 1.40 bits per heavy atom. The summed E-state index contributed by atoms with van der Waals surface area (Å²) in [4.78, 5) is 27.0. The van der Waals surface area contributed by atoms with Gasteiger partial charge in [0.15, 0.2) is 0 Å². The number of carbonyl (C=O) groups excluding carboxylic acids is 2. The third-order valence-electron chi connectivity index (χ3n) is 5.68. The monoisotopic (exact) mass is 265 g/mol. The van der Waals surface area contributed by atoms with Crippen LogP contribution in [0.5, 0.6) is 0 Å². The van der Waals surface area contributed by atoms with Crippen molar-refractivity contribution in [1.29, 1.82) is 0 Å². The molecule has 6 atom stereocenters. The van der Waals surface area contributed by atoms with Gasteiger partial charge in [0.1, 0.15) is 0 Å². The van der Waals surface area contributed by atoms with Gasteiger partial charge in [-0.25, -0.2) is 0 Å². The van der Waals surface area contributed by atoms with Crippen molar-refractivity contribution < 1.29 is 9.59 Å². The second kappa shape index (κ2) is 3.40. The molecule has 6 rings (SSSR count). The van der Waals surface area contributed by atoms with Crippen molar-refractivity contribution in [2.75, 3.05) is 4.90 Å². The molecule has 2 saturated carbocycles. The van der Waals surface area contributed by atoms with Gasteiger partial charge in [-0.3, -0.25) is 14.5 Å². The van der Waals surface area contributed by atoms with E-state index < -0.39 is 0 Å². The van der Waals surface area contributed by atoms with E-state index in [0.29, 0.717) is 23.7 Å². The molecule has 5 aliphatic rings. The topological polar surface area (TPSA) is 37.4 Å². The lowest BCUT2D eigenvalue weighted by atomic mass is 9.63. The van der Waals surface area contributed by atoms with Gasteiger partial charge in [0.25, 0.3) is 0 Å². The molecule has 0 aromatic heterocycles. The number of rotatable bonds is 1. The predicted octanol–water partition coefficient (Wildman–Crippen LogP) is 2.24. The van der Waals surface area contributed by atoms with Gasteiger partial charge in [-0.2, -0.15) is 0 Å². The molecule has 0 spiro atoms. The molecular weight excluding hydrogens is 250 g/mol. The molecule has 0 radical (unpaired) electrons. The van der Waals surface area contributed by atoms with Crippen LogP contribution in [0, 0.1) is 35.5 Å². The van der Waals surface area contributed by atoms with Gasteiger partial charge < -0.3 is 0 Å². The van der Waals surface area contributed by atoms with Crippen LogP contribution in [-0.4, -0.2) is 11.8 Å². The summed E-state index contributed by atoms with van der Waals surface area (Å²) < 4.78 is 0. The standard InChI is InChI=1S/C17H15NO2/c19-16-14-10-6-7-11(13-8-12(10)13)15(14)17(20)18(16)9-4-2-1-3-5-9/h1-7,10-15H,8H2. The Labute approximate surface area is 117 Å². The van der Waals surface area contributed by atoms with Crippen LogP contribution >= 0.6 is 0 Å². The molecule has 2 amide bonds. The average molecular weight is 265 g/mol. The summed E-state index contributed by atoms with van der Waals surface area (Å²) in [7, 11) is 0. The average Bonchev–Trinajstić information content (AvgIpc) is 3.25. The van der Waals surface area contributed by atoms with Crippen LogP contribution in [0.3, 0.4) is 0 Å². The van der Waals surface area contributed by atoms with E-state index in [1.54, 1.807) is 0 Å². The zero-order valence-corrected chi connectivity index (χ0v) is 11.0. The van der Waals surface area contributed by atoms with E-state index in [-0.39, 0.29) is 23.7 Å². The first kappa shape index (κ1) is 10.8. The van der Waals surface area contributed by atoms with Crippen LogP contribution in [0.1, 0.15) is 6.42 Å². The second-order valence-electron chi connectivity index (χ2n) is 6.50. The zero-order chi connectivity index (χ0) is 13.4. The molecule has 1 saturated heterocycles. The Kier molecular flexibility index (Phi) is 1.84. The molecule has 1 heterocycles. The summed E-state index contributed by atoms with van der Waals surface area (Å²) >= 11 is 0. The Morgan fingerprint density at radius 1 is 0.850 bits per heavy atom. The van der Waals surface area contributed by atoms with Gasteiger partial charge in [-0.15, -0.1) is 0 Å². The van der Waals surface area contributed by atoms with Gasteiger partial charge in [-0.05, 0) is 42.2 Å². The number of anilines is 1. The summed E-state index contributed by atoms with van der Waals surface area (Å²) in [6, 6.07) is 9.36. The van der Waals surface area contributed by atoms with E-state index >= 15 is 0 Å². The molecule has 4 aliphatic carbocycles. The van der Waals surface area contributed by atoms with Crippen LogP contribution in [0.2, 0.25) is 0 Å². The van der Waals surface area contributed by atoms with Crippen molar-refractivity contribution in [1.82, 2.24) is 0 Å². The second-order valence-corrected chi connectivity index (χ2v) is 6.50. The van der Waals surface area contributed by atoms with Crippen LogP contribution in [0.4, 0.5) is 5.69 Å². The van der Waals surface area contributed by atoms with E-state index in [9.17, 15) is 9.59 Å². The third-order valence-corrected chi connectivity index (χ3v) is 5.68. The Balaban J connectivity index is 1.61. The highest BCUT2D eigenvalue weighted by Crippen LogP contribution is 2.65. The van der Waals surface area contributed by atoms with Gasteiger partial charge >= 0.3 is 0 Å². The highest BCUT2D eigenvalue weighted by Gasteiger charge is 2.67. The maximum atomic E-state index is 12.8. The minimum absolute atomic E-state index is 0.0240. The fourth-order valence-corrected chi connectivity index (χ4v) is 4.79. The molecule has 1 aromatic rings. The third kappa shape index (κ3) is 1.13. The van der Waals surface area contributed by atoms with Crippen molar-refractivity contribution >= 4 is 17.5 Å². The fraction of sp³-hybridized carbons (Fsp3) is 0.412. The SMILES string of the molecule is O=C1C2C3C=CC(C4CC34)C2C(=O)N1c1ccccc1. The van der Waals surface area contributed by atoms with E-state index in [1.807, 2.05) is 30.3 Å². The summed E-state index contributed by atoms with van der Waals surface area (Å²) in [5.41, 5.74) is 0.727. The van der Waals surface area contributed by atoms with Crippen molar-refractivity contribution in [2.45, 2.75) is 6.42 Å². The van der Waals surface area contributed by atoms with Crippen LogP contribution in [-0.2, 0) is 9.59 Å². The lowest BCUT2D eigenvalue weighted by Crippen LogP contribution is -2.40. The molecule has 3 nitrogen and oxygen atoms in total. The van der Waals surface area contributed by atoms with Gasteiger partial charge in [0, 0.05) is 0 Å². The summed E-state index contributed by atoms with van der Waals surface area (Å²) in [5, 5.41) is 0. The number of imide groups is 1. The quantitative estimate of drug-likeness (QED) is 0.577. The number of hydrogen-bond acceptors (Lipinski definition) is 2. The minimum atomic E-state index is -0.0959. The van der Waals surface area contributed by atoms with Crippen molar-refractivity contribution in [3.63, 3.8) is 0 Å². The maximum Gasteiger partial charge on any atom is 0.238 e. The highest BCUT2D eigenvalue weighted by molar-refractivity contribution is 6.22. The summed E-state index contributed by atoms with van der Waals surface area (Å²) in [6.45, 7) is 0. The Morgan fingerprint density at radius 3 is 1.95 bits per heavy atom. The Bertz CT molecular complexity index is 614. The number of nitrogens with zero attached hydrogens (tertiary/aromatic N) is 1. The summed E-state index contributed by atoms with van der Waals surface area (Å²) in [5.74, 6) is 1.80. The van der Waals surface area contributed by atoms with E-state index in [1.165, 1.54) is 11.3 Å². The number of amides is 2. The van der Waals surface area contributed by atoms with Crippen molar-refractivity contribution in [3.05, 3.63) is 42.5 Å². The fourth-order valence-electron chi connectivity index (χ4n) is 4.79. The molecule has 20 heavy (non-hydrogen) atoms. The molecule has 3 heteroatoms. The maximum absolute atomic E-state index is 12.8. The predicted molar refractivity (Wildman–Crippen MR) is 73.6 cm³/mol. The van der Waals surface area contributed by atoms with Gasteiger partial charge in [0.2, 0.25) is 11.8 Å². The molecule has 0 N–H and O–H groups in total. The van der Waals surface area contributed by atoms with E-state index in [0.717, 1.165) is 5.69 Å². The normalized spacial score (nSPS) is 43.7. The molecule has 1 aromatic carbocycles. The van der Waals surface area contributed by atoms with Crippen molar-refractivity contribution in [3.8, 4) is 0 Å². The molecule has 6 unspecified atom stereocenters. The van der Waals surface area contributed by atoms with Gasteiger partial charge in [0.05, 0.1) is 17.5 Å². The first-order valence-corrected chi connectivity index (χ1v) is 7.38. The van der Waals surface area contributed by atoms with E-state index in [2.05, 4.69) is 12.2 Å². The first-order chi connectivity index (χ1) is 9.77. The van der Waals surface area contributed by atoms with Crippen LogP contribution in [0.25, 0.3) is 0 Å². The zero-order valence-electron chi connectivity index (χ0n) is 11.0. The number of hydrogen-bond donors (Lipinski definition) is 0. The number of carbonyl (C=O) groups is 2. The van der Waals surface area contributed by atoms with Crippen LogP contribution < -0.4 is 4.90 Å². The van der Waals surface area contributed by atoms with Crippen LogP contribution in [0.15, 0.2) is 42.5 Å². The minimum Gasteiger partial charge on any atom is -0.274 e. The Hall–Kier alpha value is -1.90. The van der Waals surface area contributed by atoms with Crippen molar-refractivity contribution in [2.24, 2.45) is 35.5 Å². The highest BCUT2D eigenvalue weighted by atomic mass is 16.2. The molecular formula is C17H15NO2. The smallest absolute Gasteiger partial charge is 0.238 e. The molecule has 100 valence electrons. The first-order valence-electron chi connectivity index (χ1n) is 7.38. The summed E-state index contributed by atoms with van der Waals surface area (Å²) in [6.07, 6.45) is 5.63. The lowest BCUT2D eigenvalue weighted by molar-refractivity contribution is -0.124. The molecule has 2 bridgehead atoms. The largest absolute Gasteiger partial charge is 0.274 e. The number of para-hydroxylation sites is 1. The molecule has 1 aliphatic heterocycles. The number of benzene rings is 1. The number of allylic oxidation sites excluding steroid dienone is 2. The van der Waals surface area contributed by atoms with Gasteiger partial charge in [-0.1, -0.05) is 30.4 Å². The molecule has 3 fully saturated rings.